The van der Waals surface area contributed by atoms with E-state index in [1.165, 1.54) is 9.80 Å². The van der Waals surface area contributed by atoms with E-state index >= 15 is 0 Å². The Bertz CT molecular complexity index is 1080. The summed E-state index contributed by atoms with van der Waals surface area (Å²) in [5.74, 6) is 0.212. The van der Waals surface area contributed by atoms with Gasteiger partial charge in [0.2, 0.25) is 0 Å². The third kappa shape index (κ3) is 5.57. The summed E-state index contributed by atoms with van der Waals surface area (Å²) in [5.41, 5.74) is 1.63. The van der Waals surface area contributed by atoms with Crippen LogP contribution < -0.4 is 9.47 Å². The third-order valence-corrected chi connectivity index (χ3v) is 6.27. The first-order valence-corrected chi connectivity index (χ1v) is 12.1. The van der Waals surface area contributed by atoms with E-state index in [2.05, 4.69) is 15.9 Å². The standard InChI is InChI=1S/C24H24BrClN2O4S/c1-4-27-22(29)18(23(30)28(5-2)24(27)33)11-16-12-19(25)21(20(13-16)31-6-3)32-14-15-7-9-17(26)10-8-15/h7-13H,4-6,14H2,1-3H3. The maximum Gasteiger partial charge on any atom is 0.265 e. The van der Waals surface area contributed by atoms with Crippen LogP contribution in [0.5, 0.6) is 11.5 Å². The number of ether oxygens (including phenoxy) is 2. The number of nitrogens with zero attached hydrogens (tertiary/aromatic N) is 2. The molecule has 1 heterocycles. The summed E-state index contributed by atoms with van der Waals surface area (Å²) < 4.78 is 12.4. The van der Waals surface area contributed by atoms with Gasteiger partial charge in [0.25, 0.3) is 11.8 Å². The van der Waals surface area contributed by atoms with Crippen molar-refractivity contribution in [2.45, 2.75) is 27.4 Å². The normalized spacial score (nSPS) is 14.1. The molecule has 0 aliphatic carbocycles. The molecule has 2 aromatic rings. The summed E-state index contributed by atoms with van der Waals surface area (Å²) >= 11 is 14.8. The zero-order valence-corrected chi connectivity index (χ0v) is 21.7. The van der Waals surface area contributed by atoms with Crippen molar-refractivity contribution < 1.29 is 19.1 Å². The summed E-state index contributed by atoms with van der Waals surface area (Å²) in [5, 5.41) is 0.887. The van der Waals surface area contributed by atoms with E-state index in [1.54, 1.807) is 30.3 Å². The van der Waals surface area contributed by atoms with Crippen molar-refractivity contribution in [3.8, 4) is 11.5 Å². The van der Waals surface area contributed by atoms with E-state index in [9.17, 15) is 9.59 Å². The molecular weight excluding hydrogens is 528 g/mol. The number of thiocarbonyl (C=S) groups is 1. The highest BCUT2D eigenvalue weighted by Crippen LogP contribution is 2.38. The zero-order valence-electron chi connectivity index (χ0n) is 18.6. The van der Waals surface area contributed by atoms with E-state index in [0.717, 1.165) is 5.56 Å². The summed E-state index contributed by atoms with van der Waals surface area (Å²) in [7, 11) is 0. The lowest BCUT2D eigenvalue weighted by Gasteiger charge is -2.35. The molecule has 1 fully saturated rings. The van der Waals surface area contributed by atoms with Gasteiger partial charge in [0.05, 0.1) is 11.1 Å². The molecule has 0 aromatic heterocycles. The predicted molar refractivity (Wildman–Crippen MR) is 136 cm³/mol. The van der Waals surface area contributed by atoms with Gasteiger partial charge in [0.1, 0.15) is 12.2 Å². The van der Waals surface area contributed by atoms with Crippen LogP contribution in [-0.4, -0.2) is 46.4 Å². The highest BCUT2D eigenvalue weighted by molar-refractivity contribution is 9.10. The number of benzene rings is 2. The lowest BCUT2D eigenvalue weighted by Crippen LogP contribution is -2.55. The number of halogens is 2. The topological polar surface area (TPSA) is 59.1 Å². The second-order valence-electron chi connectivity index (χ2n) is 7.12. The second-order valence-corrected chi connectivity index (χ2v) is 8.77. The second kappa shape index (κ2) is 11.1. The molecule has 0 spiro atoms. The van der Waals surface area contributed by atoms with Crippen LogP contribution in [-0.2, 0) is 16.2 Å². The van der Waals surface area contributed by atoms with Gasteiger partial charge in [-0.25, -0.2) is 0 Å². The van der Waals surface area contributed by atoms with Crippen LogP contribution >= 0.6 is 39.7 Å². The SMILES string of the molecule is CCOc1cc(C=C2C(=O)N(CC)C(=S)N(CC)C2=O)cc(Br)c1OCc1ccc(Cl)cc1. The highest BCUT2D eigenvalue weighted by Gasteiger charge is 2.37. The van der Waals surface area contributed by atoms with Crippen molar-refractivity contribution in [1.29, 1.82) is 0 Å². The van der Waals surface area contributed by atoms with Crippen molar-refractivity contribution in [1.82, 2.24) is 9.80 Å². The molecule has 2 aromatic carbocycles. The molecule has 3 rings (SSSR count). The predicted octanol–water partition coefficient (Wildman–Crippen LogP) is 5.46. The number of likely N-dealkylation sites (N-methyl/N-ethyl adjacent to an activating group) is 2. The summed E-state index contributed by atoms with van der Waals surface area (Å²) in [6.45, 7) is 7.01. The molecule has 0 radical (unpaired) electrons. The fraction of sp³-hybridized carbons (Fsp3) is 0.292. The van der Waals surface area contributed by atoms with Crippen molar-refractivity contribution in [2.24, 2.45) is 0 Å². The Hall–Kier alpha value is -2.42. The van der Waals surface area contributed by atoms with Gasteiger partial charge < -0.3 is 9.47 Å². The van der Waals surface area contributed by atoms with E-state index in [1.807, 2.05) is 32.9 Å². The molecule has 1 aliphatic heterocycles. The lowest BCUT2D eigenvalue weighted by atomic mass is 10.1. The first-order chi connectivity index (χ1) is 15.8. The van der Waals surface area contributed by atoms with Gasteiger partial charge in [-0.1, -0.05) is 23.7 Å². The molecule has 2 amide bonds. The van der Waals surface area contributed by atoms with Crippen molar-refractivity contribution >= 4 is 62.8 Å². The lowest BCUT2D eigenvalue weighted by molar-refractivity contribution is -0.133. The molecule has 0 N–H and O–H groups in total. The first-order valence-electron chi connectivity index (χ1n) is 10.5. The average molecular weight is 552 g/mol. The molecule has 174 valence electrons. The number of amides is 2. The van der Waals surface area contributed by atoms with Gasteiger partial charge in [-0.15, -0.1) is 0 Å². The van der Waals surface area contributed by atoms with E-state index in [0.29, 0.717) is 52.9 Å². The molecule has 6 nitrogen and oxygen atoms in total. The van der Waals surface area contributed by atoms with Crippen molar-refractivity contribution in [2.75, 3.05) is 19.7 Å². The van der Waals surface area contributed by atoms with Gasteiger partial charge in [0.15, 0.2) is 16.6 Å². The Balaban J connectivity index is 1.95. The quantitative estimate of drug-likeness (QED) is 0.248. The Labute approximate surface area is 212 Å². The molecule has 0 saturated carbocycles. The molecule has 1 saturated heterocycles. The van der Waals surface area contributed by atoms with Gasteiger partial charge in [-0.2, -0.15) is 0 Å². The van der Waals surface area contributed by atoms with E-state index in [4.69, 9.17) is 33.3 Å². The van der Waals surface area contributed by atoms with Crippen molar-refractivity contribution in [3.63, 3.8) is 0 Å². The Morgan fingerprint density at radius 1 is 1.00 bits per heavy atom. The van der Waals surface area contributed by atoms with Crippen molar-refractivity contribution in [3.05, 3.63) is 62.6 Å². The minimum atomic E-state index is -0.408. The maximum atomic E-state index is 12.9. The van der Waals surface area contributed by atoms with Crippen LogP contribution in [0.2, 0.25) is 5.02 Å². The Kier molecular flexibility index (Phi) is 8.51. The number of carbonyl (C=O) groups excluding carboxylic acids is 2. The largest absolute Gasteiger partial charge is 0.490 e. The number of rotatable bonds is 8. The Morgan fingerprint density at radius 3 is 2.15 bits per heavy atom. The monoisotopic (exact) mass is 550 g/mol. The van der Waals surface area contributed by atoms with E-state index in [-0.39, 0.29) is 10.7 Å². The van der Waals surface area contributed by atoms with Crippen LogP contribution in [0, 0.1) is 0 Å². The van der Waals surface area contributed by atoms with Crippen LogP contribution in [0.15, 0.2) is 46.4 Å². The summed E-state index contributed by atoms with van der Waals surface area (Å²) in [6.07, 6.45) is 1.56. The van der Waals surface area contributed by atoms with Crippen LogP contribution in [0.3, 0.4) is 0 Å². The summed E-state index contributed by atoms with van der Waals surface area (Å²) in [4.78, 5) is 28.7. The van der Waals surface area contributed by atoms with Crippen LogP contribution in [0.25, 0.3) is 6.08 Å². The molecule has 0 atom stereocenters. The first kappa shape index (κ1) is 25.2. The van der Waals surface area contributed by atoms with E-state index < -0.39 is 11.8 Å². The van der Waals surface area contributed by atoms with Gasteiger partial charge in [0, 0.05) is 18.1 Å². The molecular formula is C24H24BrClN2O4S. The smallest absolute Gasteiger partial charge is 0.265 e. The summed E-state index contributed by atoms with van der Waals surface area (Å²) in [6, 6.07) is 10.9. The molecule has 33 heavy (non-hydrogen) atoms. The maximum absolute atomic E-state index is 12.9. The molecule has 0 bridgehead atoms. The average Bonchev–Trinajstić information content (AvgIpc) is 2.78. The number of carbonyl (C=O) groups is 2. The Morgan fingerprint density at radius 2 is 1.61 bits per heavy atom. The number of hydrogen-bond acceptors (Lipinski definition) is 5. The molecule has 0 unspecified atom stereocenters. The van der Waals surface area contributed by atoms with Gasteiger partial charge in [-0.05, 0) is 90.4 Å². The number of hydrogen-bond donors (Lipinski definition) is 0. The molecule has 9 heteroatoms. The molecule has 1 aliphatic rings. The minimum Gasteiger partial charge on any atom is -0.490 e. The highest BCUT2D eigenvalue weighted by atomic mass is 79.9. The third-order valence-electron chi connectivity index (χ3n) is 4.98. The van der Waals surface area contributed by atoms with Gasteiger partial charge >= 0.3 is 0 Å². The van der Waals surface area contributed by atoms with Crippen LogP contribution in [0.1, 0.15) is 31.9 Å². The zero-order chi connectivity index (χ0) is 24.1. The minimum absolute atomic E-state index is 0.0523. The van der Waals surface area contributed by atoms with Crippen LogP contribution in [0.4, 0.5) is 0 Å². The van der Waals surface area contributed by atoms with Gasteiger partial charge in [-0.3, -0.25) is 19.4 Å². The fourth-order valence-corrected chi connectivity index (χ4v) is 4.48. The fourth-order valence-electron chi connectivity index (χ4n) is 3.36.